The molecular weight excluding hydrogens is 288 g/mol. The van der Waals surface area contributed by atoms with Gasteiger partial charge < -0.3 is 14.8 Å². The molecule has 1 aromatic heterocycles. The molecule has 0 spiro atoms. The lowest BCUT2D eigenvalue weighted by Gasteiger charge is -2.10. The number of hydrogen-bond acceptors (Lipinski definition) is 6. The minimum absolute atomic E-state index is 0.177. The van der Waals surface area contributed by atoms with Crippen LogP contribution in [0.15, 0.2) is 0 Å². The van der Waals surface area contributed by atoms with Gasteiger partial charge in [0.15, 0.2) is 15.2 Å². The van der Waals surface area contributed by atoms with Gasteiger partial charge in [0.2, 0.25) is 0 Å². The summed E-state index contributed by atoms with van der Waals surface area (Å²) in [5.41, 5.74) is 0. The Kier molecular flexibility index (Phi) is 5.42. The number of nitrogens with zero attached hydrogens (tertiary/aromatic N) is 1. The fourth-order valence-corrected chi connectivity index (χ4v) is 3.16. The third-order valence-corrected chi connectivity index (χ3v) is 4.37. The molecule has 0 unspecified atom stereocenters. The van der Waals surface area contributed by atoms with Crippen molar-refractivity contribution in [1.29, 1.82) is 0 Å². The van der Waals surface area contributed by atoms with Crippen LogP contribution in [0.1, 0.15) is 35.4 Å². The van der Waals surface area contributed by atoms with E-state index in [0.29, 0.717) is 29.3 Å². The van der Waals surface area contributed by atoms with Crippen LogP contribution in [0.2, 0.25) is 5.15 Å². The Morgan fingerprint density at radius 3 is 2.95 bits per heavy atom. The molecule has 5 nitrogen and oxygen atoms in total. The van der Waals surface area contributed by atoms with E-state index in [1.807, 2.05) is 0 Å². The third-order valence-electron chi connectivity index (χ3n) is 2.99. The Bertz CT molecular complexity index is 433. The molecular formula is C12H17ClN2O3S. The number of nitrogens with one attached hydrogen (secondary N) is 1. The maximum Gasteiger partial charge on any atom is 0.351 e. The number of thiazole rings is 1. The molecule has 0 bridgehead atoms. The predicted molar refractivity (Wildman–Crippen MR) is 75.2 cm³/mol. The van der Waals surface area contributed by atoms with E-state index >= 15 is 0 Å². The summed E-state index contributed by atoms with van der Waals surface area (Å²) in [5.74, 6) is -0.460. The van der Waals surface area contributed by atoms with Gasteiger partial charge in [0.25, 0.3) is 0 Å². The monoisotopic (exact) mass is 304 g/mol. The van der Waals surface area contributed by atoms with Gasteiger partial charge in [-0.25, -0.2) is 9.78 Å². The quantitative estimate of drug-likeness (QED) is 0.647. The first-order chi connectivity index (χ1) is 9.20. The number of aromatic nitrogens is 1. The van der Waals surface area contributed by atoms with Gasteiger partial charge >= 0.3 is 5.97 Å². The fraction of sp³-hybridized carbons (Fsp3) is 0.667. The predicted octanol–water partition coefficient (Wildman–Crippen LogP) is 2.95. The topological polar surface area (TPSA) is 60.5 Å². The number of esters is 1. The molecule has 19 heavy (non-hydrogen) atoms. The van der Waals surface area contributed by atoms with E-state index in [4.69, 9.17) is 16.3 Å². The highest BCUT2D eigenvalue weighted by Gasteiger charge is 2.17. The van der Waals surface area contributed by atoms with Gasteiger partial charge in [-0.2, -0.15) is 0 Å². The second-order valence-corrected chi connectivity index (χ2v) is 5.69. The lowest BCUT2D eigenvalue weighted by molar-refractivity contribution is 0.0606. The first kappa shape index (κ1) is 14.6. The first-order valence-electron chi connectivity index (χ1n) is 6.31. The van der Waals surface area contributed by atoms with Gasteiger partial charge in [0.1, 0.15) is 0 Å². The van der Waals surface area contributed by atoms with E-state index in [2.05, 4.69) is 15.0 Å². The molecule has 0 atom stereocenters. The van der Waals surface area contributed by atoms with E-state index in [1.165, 1.54) is 31.3 Å². The van der Waals surface area contributed by atoms with Gasteiger partial charge in [-0.3, -0.25) is 0 Å². The van der Waals surface area contributed by atoms with Crippen LogP contribution in [0.25, 0.3) is 0 Å². The van der Waals surface area contributed by atoms with Crippen molar-refractivity contribution >= 4 is 34.0 Å². The highest BCUT2D eigenvalue weighted by atomic mass is 35.5. The van der Waals surface area contributed by atoms with E-state index in [-0.39, 0.29) is 5.15 Å². The molecule has 0 aromatic carbocycles. The maximum atomic E-state index is 11.4. The average molecular weight is 305 g/mol. The van der Waals surface area contributed by atoms with Crippen molar-refractivity contribution in [2.24, 2.45) is 0 Å². The van der Waals surface area contributed by atoms with Gasteiger partial charge in [0.05, 0.1) is 19.8 Å². The van der Waals surface area contributed by atoms with Gasteiger partial charge in [-0.1, -0.05) is 35.8 Å². The Morgan fingerprint density at radius 2 is 2.26 bits per heavy atom. The van der Waals surface area contributed by atoms with Crippen molar-refractivity contribution < 1.29 is 14.3 Å². The van der Waals surface area contributed by atoms with E-state index in [9.17, 15) is 4.79 Å². The molecule has 0 radical (unpaired) electrons. The molecule has 1 aliphatic rings. The molecule has 106 valence electrons. The summed E-state index contributed by atoms with van der Waals surface area (Å²) in [6.45, 7) is 1.29. The molecule has 1 saturated carbocycles. The zero-order valence-corrected chi connectivity index (χ0v) is 12.4. The summed E-state index contributed by atoms with van der Waals surface area (Å²) >= 11 is 7.05. The summed E-state index contributed by atoms with van der Waals surface area (Å²) in [6, 6.07) is 0. The Labute approximate surface area is 121 Å². The highest BCUT2D eigenvalue weighted by Crippen LogP contribution is 2.27. The van der Waals surface area contributed by atoms with Crippen LogP contribution in [0.4, 0.5) is 5.13 Å². The van der Waals surface area contributed by atoms with Gasteiger partial charge in [-0.05, 0) is 12.8 Å². The second-order valence-electron chi connectivity index (χ2n) is 4.33. The summed E-state index contributed by atoms with van der Waals surface area (Å²) in [6.07, 6.45) is 5.27. The van der Waals surface area contributed by atoms with E-state index in [1.54, 1.807) is 0 Å². The molecule has 0 saturated heterocycles. The largest absolute Gasteiger partial charge is 0.465 e. The molecule has 2 rings (SSSR count). The van der Waals surface area contributed by atoms with Crippen LogP contribution in [-0.4, -0.2) is 37.3 Å². The summed E-state index contributed by atoms with van der Waals surface area (Å²) in [5, 5.41) is 3.89. The average Bonchev–Trinajstić information content (AvgIpc) is 3.03. The minimum Gasteiger partial charge on any atom is -0.465 e. The molecule has 7 heteroatoms. The highest BCUT2D eigenvalue weighted by molar-refractivity contribution is 7.18. The van der Waals surface area contributed by atoms with Crippen molar-refractivity contribution in [3.05, 3.63) is 10.0 Å². The molecule has 1 heterocycles. The first-order valence-corrected chi connectivity index (χ1v) is 7.50. The lowest BCUT2D eigenvalue weighted by atomic mass is 10.3. The molecule has 0 aliphatic heterocycles. The lowest BCUT2D eigenvalue weighted by Crippen LogP contribution is -2.15. The Hall–Kier alpha value is -0.850. The minimum atomic E-state index is -0.460. The van der Waals surface area contributed by atoms with Gasteiger partial charge in [0, 0.05) is 6.54 Å². The Balaban J connectivity index is 1.75. The van der Waals surface area contributed by atoms with Gasteiger partial charge in [-0.15, -0.1) is 0 Å². The molecule has 1 aliphatic carbocycles. The standard InChI is InChI=1S/C12H17ClN2O3S/c1-17-11(16)9-10(13)15-12(19-9)14-6-7-18-8-4-2-3-5-8/h8H,2-7H2,1H3,(H,14,15). The fourth-order valence-electron chi connectivity index (χ4n) is 2.03. The Morgan fingerprint density at radius 1 is 1.53 bits per heavy atom. The van der Waals surface area contributed by atoms with Crippen LogP contribution in [0, 0.1) is 0 Å². The van der Waals surface area contributed by atoms with Crippen LogP contribution in [0.5, 0.6) is 0 Å². The van der Waals surface area contributed by atoms with Crippen molar-refractivity contribution in [1.82, 2.24) is 4.98 Å². The van der Waals surface area contributed by atoms with Crippen LogP contribution in [-0.2, 0) is 9.47 Å². The molecule has 1 aromatic rings. The van der Waals surface area contributed by atoms with Crippen LogP contribution >= 0.6 is 22.9 Å². The number of rotatable bonds is 6. The van der Waals surface area contributed by atoms with Crippen molar-refractivity contribution in [2.75, 3.05) is 25.6 Å². The number of halogens is 1. The number of carbonyl (C=O) groups is 1. The van der Waals surface area contributed by atoms with E-state index < -0.39 is 5.97 Å². The molecule has 0 amide bonds. The van der Waals surface area contributed by atoms with E-state index in [0.717, 1.165) is 12.8 Å². The summed E-state index contributed by atoms with van der Waals surface area (Å²) in [4.78, 5) is 15.8. The number of carbonyl (C=O) groups excluding carboxylic acids is 1. The number of ether oxygens (including phenoxy) is 2. The normalized spacial score (nSPS) is 15.7. The zero-order valence-electron chi connectivity index (χ0n) is 10.8. The SMILES string of the molecule is COC(=O)c1sc(NCCOC2CCCC2)nc1Cl. The smallest absolute Gasteiger partial charge is 0.351 e. The van der Waals surface area contributed by atoms with Crippen molar-refractivity contribution in [3.63, 3.8) is 0 Å². The third kappa shape index (κ3) is 4.06. The number of anilines is 1. The van der Waals surface area contributed by atoms with Crippen LogP contribution < -0.4 is 5.32 Å². The van der Waals surface area contributed by atoms with Crippen LogP contribution in [0.3, 0.4) is 0 Å². The zero-order chi connectivity index (χ0) is 13.7. The second kappa shape index (κ2) is 7.07. The van der Waals surface area contributed by atoms with Crippen molar-refractivity contribution in [2.45, 2.75) is 31.8 Å². The molecule has 1 N–H and O–H groups in total. The molecule has 1 fully saturated rings. The number of methoxy groups -OCH3 is 1. The summed E-state index contributed by atoms with van der Waals surface area (Å²) < 4.78 is 10.3. The maximum absolute atomic E-state index is 11.4. The number of hydrogen-bond donors (Lipinski definition) is 1. The van der Waals surface area contributed by atoms with Crippen molar-refractivity contribution in [3.8, 4) is 0 Å². The summed E-state index contributed by atoms with van der Waals surface area (Å²) in [7, 11) is 1.32.